The highest BCUT2D eigenvalue weighted by Gasteiger charge is 2.14. The van der Waals surface area contributed by atoms with Gasteiger partial charge in [0, 0.05) is 4.47 Å². The Morgan fingerprint density at radius 1 is 1.54 bits per heavy atom. The number of nitrogens with two attached hydrogens (primary N) is 1. The van der Waals surface area contributed by atoms with E-state index in [2.05, 4.69) is 31.9 Å². The van der Waals surface area contributed by atoms with Gasteiger partial charge in [-0.3, -0.25) is 4.79 Å². The van der Waals surface area contributed by atoms with Gasteiger partial charge in [-0.2, -0.15) is 0 Å². The number of halogens is 3. The van der Waals surface area contributed by atoms with Crippen LogP contribution in [-0.4, -0.2) is 11.1 Å². The number of hydrogen-bond acceptors (Lipinski definition) is 2. The highest BCUT2D eigenvalue weighted by atomic mass is 79.9. The lowest BCUT2D eigenvalue weighted by atomic mass is 10.1. The van der Waals surface area contributed by atoms with Crippen LogP contribution in [0.1, 0.15) is 10.4 Å². The van der Waals surface area contributed by atoms with E-state index in [0.717, 1.165) is 0 Å². The summed E-state index contributed by atoms with van der Waals surface area (Å²) in [4.78, 5) is 11.4. The Kier molecular flexibility index (Phi) is 3.76. The zero-order valence-corrected chi connectivity index (χ0v) is 10.4. The number of anilines is 1. The minimum absolute atomic E-state index is 0.121. The molecule has 0 atom stereocenters. The Balaban J connectivity index is 3.33. The molecule has 0 aliphatic carbocycles. The van der Waals surface area contributed by atoms with Crippen molar-refractivity contribution >= 4 is 54.9 Å². The van der Waals surface area contributed by atoms with Crippen molar-refractivity contribution in [1.82, 2.24) is 0 Å². The highest BCUT2D eigenvalue weighted by Crippen LogP contribution is 2.30. The summed E-state index contributed by atoms with van der Waals surface area (Å²) < 4.78 is 0.682. The third-order valence-electron chi connectivity index (χ3n) is 1.54. The third kappa shape index (κ3) is 2.24. The Labute approximate surface area is 97.7 Å². The van der Waals surface area contributed by atoms with Gasteiger partial charge >= 0.3 is 0 Å². The summed E-state index contributed by atoms with van der Waals surface area (Å²) in [5.41, 5.74) is 6.44. The van der Waals surface area contributed by atoms with E-state index in [0.29, 0.717) is 20.7 Å². The van der Waals surface area contributed by atoms with Crippen LogP contribution in [-0.2, 0) is 0 Å². The van der Waals surface area contributed by atoms with Crippen LogP contribution in [0.25, 0.3) is 0 Å². The fourth-order valence-electron chi connectivity index (χ4n) is 0.918. The Morgan fingerprint density at radius 3 is 2.69 bits per heavy atom. The molecule has 13 heavy (non-hydrogen) atoms. The smallest absolute Gasteiger partial charge is 0.176 e. The van der Waals surface area contributed by atoms with Crippen molar-refractivity contribution in [3.05, 3.63) is 27.2 Å². The molecule has 0 heterocycles. The first kappa shape index (κ1) is 11.0. The molecule has 5 heteroatoms. The molecule has 0 spiro atoms. The number of carbonyl (C=O) groups is 1. The minimum Gasteiger partial charge on any atom is -0.397 e. The summed E-state index contributed by atoms with van der Waals surface area (Å²) in [6.45, 7) is 0. The van der Waals surface area contributed by atoms with Crippen LogP contribution in [0.15, 0.2) is 16.6 Å². The molecule has 1 aromatic rings. The fraction of sp³-hybridized carbons (Fsp3) is 0.125. The van der Waals surface area contributed by atoms with Crippen LogP contribution in [0, 0.1) is 0 Å². The van der Waals surface area contributed by atoms with E-state index in [1.807, 2.05) is 0 Å². The van der Waals surface area contributed by atoms with Crippen LogP contribution in [0.2, 0.25) is 5.02 Å². The second-order valence-corrected chi connectivity index (χ2v) is 4.20. The number of carbonyl (C=O) groups excluding carboxylic acids is 1. The summed E-state index contributed by atoms with van der Waals surface area (Å²) in [6.07, 6.45) is 0. The van der Waals surface area contributed by atoms with Gasteiger partial charge in [-0.1, -0.05) is 27.5 Å². The van der Waals surface area contributed by atoms with Gasteiger partial charge < -0.3 is 5.73 Å². The molecular formula is C8H6Br2ClNO. The molecule has 0 aliphatic heterocycles. The van der Waals surface area contributed by atoms with Gasteiger partial charge in [0.1, 0.15) is 0 Å². The van der Waals surface area contributed by atoms with Crippen molar-refractivity contribution in [3.8, 4) is 0 Å². The van der Waals surface area contributed by atoms with E-state index < -0.39 is 0 Å². The lowest BCUT2D eigenvalue weighted by molar-refractivity contribution is 0.102. The van der Waals surface area contributed by atoms with E-state index in [4.69, 9.17) is 17.3 Å². The Hall–Kier alpha value is -0.0600. The second kappa shape index (κ2) is 4.44. The molecule has 0 fully saturated rings. The lowest BCUT2D eigenvalue weighted by Crippen LogP contribution is -2.06. The number of rotatable bonds is 2. The van der Waals surface area contributed by atoms with Crippen molar-refractivity contribution in [3.63, 3.8) is 0 Å². The van der Waals surface area contributed by atoms with Crippen molar-refractivity contribution in [2.24, 2.45) is 0 Å². The van der Waals surface area contributed by atoms with E-state index in [1.54, 1.807) is 12.1 Å². The number of hydrogen-bond donors (Lipinski definition) is 1. The number of alkyl halides is 1. The van der Waals surface area contributed by atoms with Crippen LogP contribution in [0.5, 0.6) is 0 Å². The molecule has 0 amide bonds. The maximum Gasteiger partial charge on any atom is 0.176 e. The molecule has 0 aromatic heterocycles. The minimum atomic E-state index is -0.121. The number of ketones is 1. The van der Waals surface area contributed by atoms with Crippen molar-refractivity contribution < 1.29 is 4.79 Å². The molecule has 0 saturated heterocycles. The summed E-state index contributed by atoms with van der Waals surface area (Å²) in [5.74, 6) is -0.121. The second-order valence-electron chi connectivity index (χ2n) is 2.37. The Morgan fingerprint density at radius 2 is 2.15 bits per heavy atom. The fourth-order valence-corrected chi connectivity index (χ4v) is 1.80. The quantitative estimate of drug-likeness (QED) is 0.515. The summed E-state index contributed by atoms with van der Waals surface area (Å²) in [6, 6.07) is 3.35. The first-order valence-corrected chi connectivity index (χ1v) is 5.69. The van der Waals surface area contributed by atoms with Gasteiger partial charge in [0.05, 0.1) is 21.6 Å². The molecule has 0 unspecified atom stereocenters. The van der Waals surface area contributed by atoms with Gasteiger partial charge in [0.15, 0.2) is 5.78 Å². The lowest BCUT2D eigenvalue weighted by Gasteiger charge is -2.06. The first-order valence-electron chi connectivity index (χ1n) is 3.40. The van der Waals surface area contributed by atoms with E-state index in [9.17, 15) is 4.79 Å². The van der Waals surface area contributed by atoms with E-state index >= 15 is 0 Å². The monoisotopic (exact) mass is 325 g/mol. The number of nitrogen functional groups attached to an aromatic ring is 1. The predicted octanol–water partition coefficient (Wildman–Crippen LogP) is 3.26. The largest absolute Gasteiger partial charge is 0.397 e. The standard InChI is InChI=1S/C8H6Br2ClNO/c9-3-6(13)7-5(11)2-1-4(10)8(7)12/h1-2H,3,12H2. The predicted molar refractivity (Wildman–Crippen MR) is 61.7 cm³/mol. The molecule has 1 aromatic carbocycles. The molecular weight excluding hydrogens is 321 g/mol. The third-order valence-corrected chi connectivity index (χ3v) is 3.06. The number of Topliss-reactive ketones (excluding diaryl/α,β-unsaturated/α-hetero) is 1. The normalized spacial score (nSPS) is 10.1. The van der Waals surface area contributed by atoms with Crippen LogP contribution in [0.4, 0.5) is 5.69 Å². The average Bonchev–Trinajstić information content (AvgIpc) is 2.12. The zero-order valence-electron chi connectivity index (χ0n) is 6.48. The molecule has 1 rings (SSSR count). The highest BCUT2D eigenvalue weighted by molar-refractivity contribution is 9.10. The van der Waals surface area contributed by atoms with Crippen molar-refractivity contribution in [1.29, 1.82) is 0 Å². The topological polar surface area (TPSA) is 43.1 Å². The SMILES string of the molecule is Nc1c(Br)ccc(Cl)c1C(=O)CBr. The maximum atomic E-state index is 11.4. The van der Waals surface area contributed by atoms with Gasteiger partial charge in [0.2, 0.25) is 0 Å². The molecule has 0 aliphatic rings. The van der Waals surface area contributed by atoms with Gasteiger partial charge in [-0.25, -0.2) is 0 Å². The average molecular weight is 327 g/mol. The molecule has 0 saturated carbocycles. The number of benzene rings is 1. The first-order chi connectivity index (χ1) is 6.07. The van der Waals surface area contributed by atoms with Crippen molar-refractivity contribution in [2.75, 3.05) is 11.1 Å². The van der Waals surface area contributed by atoms with Crippen molar-refractivity contribution in [2.45, 2.75) is 0 Å². The molecule has 0 bridgehead atoms. The summed E-state index contributed by atoms with van der Waals surface area (Å²) >= 11 is 12.1. The molecule has 2 nitrogen and oxygen atoms in total. The van der Waals surface area contributed by atoms with Crippen LogP contribution >= 0.6 is 43.5 Å². The van der Waals surface area contributed by atoms with E-state index in [1.165, 1.54) is 0 Å². The maximum absolute atomic E-state index is 11.4. The molecule has 0 radical (unpaired) electrons. The Bertz CT molecular complexity index is 354. The van der Waals surface area contributed by atoms with Gasteiger partial charge in [-0.05, 0) is 28.1 Å². The molecule has 70 valence electrons. The van der Waals surface area contributed by atoms with Crippen LogP contribution in [0.3, 0.4) is 0 Å². The van der Waals surface area contributed by atoms with Gasteiger partial charge in [-0.15, -0.1) is 0 Å². The summed E-state index contributed by atoms with van der Waals surface area (Å²) in [7, 11) is 0. The van der Waals surface area contributed by atoms with Crippen LogP contribution < -0.4 is 5.73 Å². The van der Waals surface area contributed by atoms with Gasteiger partial charge in [0.25, 0.3) is 0 Å². The molecule has 2 N–H and O–H groups in total. The zero-order chi connectivity index (χ0) is 10.0. The van der Waals surface area contributed by atoms with E-state index in [-0.39, 0.29) is 11.1 Å². The summed E-state index contributed by atoms with van der Waals surface area (Å²) in [5, 5.41) is 0.595.